The number of hydrogen-bond donors (Lipinski definition) is 1. The highest BCUT2D eigenvalue weighted by Gasteiger charge is 2.15. The Balaban J connectivity index is 2.18. The predicted octanol–water partition coefficient (Wildman–Crippen LogP) is 5.75. The van der Waals surface area contributed by atoms with Crippen LogP contribution in [0.4, 0.5) is 0 Å². The van der Waals surface area contributed by atoms with E-state index in [0.717, 1.165) is 20.9 Å². The van der Waals surface area contributed by atoms with Crippen LogP contribution in [0.15, 0.2) is 51.4 Å². The van der Waals surface area contributed by atoms with Gasteiger partial charge in [-0.1, -0.05) is 62.5 Å². The SMILES string of the molecule is CCC(NC(=O)c1cc(Cl)cc(Br)c1)c1ccc(Br)cc1. The van der Waals surface area contributed by atoms with Gasteiger partial charge in [-0.2, -0.15) is 0 Å². The first-order valence-corrected chi connectivity index (χ1v) is 8.48. The summed E-state index contributed by atoms with van der Waals surface area (Å²) < 4.78 is 1.81. The Hall–Kier alpha value is -0.840. The molecule has 0 saturated carbocycles. The van der Waals surface area contributed by atoms with Gasteiger partial charge in [0.15, 0.2) is 0 Å². The first-order valence-electron chi connectivity index (χ1n) is 6.52. The average Bonchev–Trinajstić information content (AvgIpc) is 2.44. The lowest BCUT2D eigenvalue weighted by molar-refractivity contribution is 0.0935. The summed E-state index contributed by atoms with van der Waals surface area (Å²) in [4.78, 5) is 12.4. The molecule has 0 aromatic heterocycles. The molecular formula is C16H14Br2ClNO. The molecule has 0 fully saturated rings. The predicted molar refractivity (Wildman–Crippen MR) is 93.8 cm³/mol. The van der Waals surface area contributed by atoms with Gasteiger partial charge < -0.3 is 5.32 Å². The van der Waals surface area contributed by atoms with Crippen LogP contribution in [-0.2, 0) is 0 Å². The lowest BCUT2D eigenvalue weighted by atomic mass is 10.0. The molecule has 0 radical (unpaired) electrons. The zero-order valence-corrected chi connectivity index (χ0v) is 15.3. The highest BCUT2D eigenvalue weighted by atomic mass is 79.9. The number of rotatable bonds is 4. The lowest BCUT2D eigenvalue weighted by Crippen LogP contribution is -2.28. The van der Waals surface area contributed by atoms with Crippen LogP contribution in [0.5, 0.6) is 0 Å². The van der Waals surface area contributed by atoms with E-state index in [1.54, 1.807) is 18.2 Å². The molecule has 1 amide bonds. The Labute approximate surface area is 146 Å². The maximum atomic E-state index is 12.4. The van der Waals surface area contributed by atoms with Gasteiger partial charge in [-0.15, -0.1) is 0 Å². The maximum absolute atomic E-state index is 12.4. The standard InChI is InChI=1S/C16H14Br2ClNO/c1-2-15(10-3-5-12(17)6-4-10)20-16(21)11-7-13(18)9-14(19)8-11/h3-9,15H,2H2,1H3,(H,20,21). The summed E-state index contributed by atoms with van der Waals surface area (Å²) in [7, 11) is 0. The zero-order chi connectivity index (χ0) is 15.4. The molecule has 0 aliphatic carbocycles. The van der Waals surface area contributed by atoms with Gasteiger partial charge in [-0.25, -0.2) is 0 Å². The molecule has 1 N–H and O–H groups in total. The highest BCUT2D eigenvalue weighted by molar-refractivity contribution is 9.10. The van der Waals surface area contributed by atoms with Crippen LogP contribution in [0, 0.1) is 0 Å². The van der Waals surface area contributed by atoms with E-state index in [4.69, 9.17) is 11.6 Å². The first-order chi connectivity index (χ1) is 9.99. The molecule has 0 aliphatic heterocycles. The van der Waals surface area contributed by atoms with E-state index < -0.39 is 0 Å². The fourth-order valence-electron chi connectivity index (χ4n) is 2.04. The van der Waals surface area contributed by atoms with Gasteiger partial charge >= 0.3 is 0 Å². The second-order valence-electron chi connectivity index (χ2n) is 4.64. The molecule has 1 unspecified atom stereocenters. The number of hydrogen-bond acceptors (Lipinski definition) is 1. The maximum Gasteiger partial charge on any atom is 0.251 e. The third-order valence-electron chi connectivity index (χ3n) is 3.11. The number of benzene rings is 2. The third-order valence-corrected chi connectivity index (χ3v) is 4.32. The minimum Gasteiger partial charge on any atom is -0.345 e. The number of amides is 1. The molecule has 0 aliphatic rings. The average molecular weight is 432 g/mol. The Morgan fingerprint density at radius 3 is 2.38 bits per heavy atom. The van der Waals surface area contributed by atoms with Crippen molar-refractivity contribution in [2.75, 3.05) is 0 Å². The van der Waals surface area contributed by atoms with Crippen molar-refractivity contribution in [3.05, 3.63) is 67.6 Å². The number of carbonyl (C=O) groups is 1. The van der Waals surface area contributed by atoms with Crippen molar-refractivity contribution in [1.82, 2.24) is 5.32 Å². The Morgan fingerprint density at radius 1 is 1.14 bits per heavy atom. The molecule has 0 saturated heterocycles. The quantitative estimate of drug-likeness (QED) is 0.657. The van der Waals surface area contributed by atoms with Crippen LogP contribution in [0.3, 0.4) is 0 Å². The number of carbonyl (C=O) groups excluding carboxylic acids is 1. The van der Waals surface area contributed by atoms with Gasteiger partial charge in [-0.3, -0.25) is 4.79 Å². The Morgan fingerprint density at radius 2 is 1.81 bits per heavy atom. The molecule has 2 rings (SSSR count). The van der Waals surface area contributed by atoms with Gasteiger partial charge in [0.1, 0.15) is 0 Å². The largest absolute Gasteiger partial charge is 0.345 e. The molecule has 0 bridgehead atoms. The van der Waals surface area contributed by atoms with Gasteiger partial charge in [0.2, 0.25) is 0 Å². The molecule has 1 atom stereocenters. The van der Waals surface area contributed by atoms with Crippen molar-refractivity contribution in [2.45, 2.75) is 19.4 Å². The van der Waals surface area contributed by atoms with Crippen LogP contribution in [0.1, 0.15) is 35.3 Å². The summed E-state index contributed by atoms with van der Waals surface area (Å²) in [5.74, 6) is -0.132. The molecule has 21 heavy (non-hydrogen) atoms. The fraction of sp³-hybridized carbons (Fsp3) is 0.188. The van der Waals surface area contributed by atoms with Crippen molar-refractivity contribution in [3.8, 4) is 0 Å². The lowest BCUT2D eigenvalue weighted by Gasteiger charge is -2.18. The van der Waals surface area contributed by atoms with Crippen LogP contribution < -0.4 is 5.32 Å². The second kappa shape index (κ2) is 7.43. The summed E-state index contributed by atoms with van der Waals surface area (Å²) in [6.45, 7) is 2.04. The molecule has 0 spiro atoms. The van der Waals surface area contributed by atoms with Crippen molar-refractivity contribution in [3.63, 3.8) is 0 Å². The van der Waals surface area contributed by atoms with E-state index in [1.807, 2.05) is 31.2 Å². The van der Waals surface area contributed by atoms with Crippen LogP contribution in [0.25, 0.3) is 0 Å². The van der Waals surface area contributed by atoms with Crippen LogP contribution >= 0.6 is 43.5 Å². The molecular weight excluding hydrogens is 417 g/mol. The van der Waals surface area contributed by atoms with E-state index in [-0.39, 0.29) is 11.9 Å². The van der Waals surface area contributed by atoms with Crippen molar-refractivity contribution >= 4 is 49.4 Å². The summed E-state index contributed by atoms with van der Waals surface area (Å²) >= 11 is 12.7. The molecule has 0 heterocycles. The van der Waals surface area contributed by atoms with Crippen molar-refractivity contribution in [2.24, 2.45) is 0 Å². The van der Waals surface area contributed by atoms with E-state index in [9.17, 15) is 4.79 Å². The van der Waals surface area contributed by atoms with Crippen LogP contribution in [0.2, 0.25) is 5.02 Å². The second-order valence-corrected chi connectivity index (χ2v) is 6.91. The van der Waals surface area contributed by atoms with E-state index in [1.165, 1.54) is 0 Å². The van der Waals surface area contributed by atoms with Crippen molar-refractivity contribution < 1.29 is 4.79 Å². The Kier molecular flexibility index (Phi) is 5.85. The topological polar surface area (TPSA) is 29.1 Å². The normalized spacial score (nSPS) is 12.0. The van der Waals surface area contributed by atoms with Gasteiger partial charge in [0, 0.05) is 19.5 Å². The van der Waals surface area contributed by atoms with Crippen molar-refractivity contribution in [1.29, 1.82) is 0 Å². The first kappa shape index (κ1) is 16.5. The zero-order valence-electron chi connectivity index (χ0n) is 11.4. The monoisotopic (exact) mass is 429 g/mol. The summed E-state index contributed by atoms with van der Waals surface area (Å²) in [6, 6.07) is 13.1. The molecule has 2 aromatic carbocycles. The fourth-order valence-corrected chi connectivity index (χ4v) is 3.17. The molecule has 110 valence electrons. The Bertz CT molecular complexity index is 623. The molecule has 2 aromatic rings. The summed E-state index contributed by atoms with van der Waals surface area (Å²) in [6.07, 6.45) is 0.815. The van der Waals surface area contributed by atoms with E-state index in [0.29, 0.717) is 10.6 Å². The van der Waals surface area contributed by atoms with E-state index >= 15 is 0 Å². The third kappa shape index (κ3) is 4.56. The van der Waals surface area contributed by atoms with E-state index in [2.05, 4.69) is 37.2 Å². The molecule has 2 nitrogen and oxygen atoms in total. The van der Waals surface area contributed by atoms with Gasteiger partial charge in [0.05, 0.1) is 6.04 Å². The minimum absolute atomic E-state index is 0.0247. The number of nitrogens with one attached hydrogen (secondary N) is 1. The van der Waals surface area contributed by atoms with Gasteiger partial charge in [0.25, 0.3) is 5.91 Å². The minimum atomic E-state index is -0.132. The highest BCUT2D eigenvalue weighted by Crippen LogP contribution is 2.22. The molecule has 5 heteroatoms. The summed E-state index contributed by atoms with van der Waals surface area (Å²) in [5.41, 5.74) is 1.63. The number of halogens is 3. The smallest absolute Gasteiger partial charge is 0.251 e. The van der Waals surface area contributed by atoms with Crippen LogP contribution in [-0.4, -0.2) is 5.91 Å². The van der Waals surface area contributed by atoms with Gasteiger partial charge in [-0.05, 0) is 42.3 Å². The summed E-state index contributed by atoms with van der Waals surface area (Å²) in [5, 5.41) is 3.57.